The van der Waals surface area contributed by atoms with Crippen molar-refractivity contribution >= 4 is 28.6 Å². The summed E-state index contributed by atoms with van der Waals surface area (Å²) < 4.78 is 0. The zero-order valence-electron chi connectivity index (χ0n) is 12.8. The molecule has 0 aliphatic carbocycles. The largest absolute Gasteiger partial charge is 0.377 e. The number of thiazole rings is 1. The Kier molecular flexibility index (Phi) is 4.96. The van der Waals surface area contributed by atoms with Crippen LogP contribution in [0.2, 0.25) is 0 Å². The number of nitrogens with one attached hydrogen (secondary N) is 2. The second kappa shape index (κ2) is 6.72. The third-order valence-electron chi connectivity index (χ3n) is 3.12. The highest BCUT2D eigenvalue weighted by Crippen LogP contribution is 2.23. The van der Waals surface area contributed by atoms with Gasteiger partial charge in [0, 0.05) is 22.7 Å². The second-order valence-electron chi connectivity index (χ2n) is 5.38. The highest BCUT2D eigenvalue weighted by molar-refractivity contribution is 7.09. The lowest BCUT2D eigenvalue weighted by Gasteiger charge is -2.15. The van der Waals surface area contributed by atoms with E-state index in [0.717, 1.165) is 22.1 Å². The van der Waals surface area contributed by atoms with E-state index in [0.29, 0.717) is 0 Å². The normalized spacial score (nSPS) is 12.2. The molecule has 1 atom stereocenters. The van der Waals surface area contributed by atoms with Gasteiger partial charge in [-0.15, -0.1) is 11.3 Å². The van der Waals surface area contributed by atoms with Crippen molar-refractivity contribution in [3.05, 3.63) is 40.3 Å². The van der Waals surface area contributed by atoms with E-state index >= 15 is 0 Å². The lowest BCUT2D eigenvalue weighted by Crippen LogP contribution is -2.17. The van der Waals surface area contributed by atoms with Gasteiger partial charge in [0.25, 0.3) is 0 Å². The van der Waals surface area contributed by atoms with Gasteiger partial charge in [0.1, 0.15) is 0 Å². The first kappa shape index (κ1) is 15.5. The molecule has 2 aromatic rings. The summed E-state index contributed by atoms with van der Waals surface area (Å²) >= 11 is 1.65. The number of benzene rings is 1. The Labute approximate surface area is 129 Å². The average molecular weight is 303 g/mol. The van der Waals surface area contributed by atoms with Crippen molar-refractivity contribution in [2.45, 2.75) is 33.7 Å². The van der Waals surface area contributed by atoms with E-state index in [9.17, 15) is 4.79 Å². The predicted octanol–water partition coefficient (Wildman–Crippen LogP) is 4.22. The maximum atomic E-state index is 11.7. The van der Waals surface area contributed by atoms with E-state index in [1.54, 1.807) is 11.3 Å². The topological polar surface area (TPSA) is 54.0 Å². The summed E-state index contributed by atoms with van der Waals surface area (Å²) in [6, 6.07) is 7.88. The molecule has 5 heteroatoms. The fourth-order valence-corrected chi connectivity index (χ4v) is 2.58. The zero-order chi connectivity index (χ0) is 15.4. The SMILES string of the molecule is Cc1nc(C(C)Nc2cccc(NC(=O)C(C)C)c2)cs1. The minimum absolute atomic E-state index is 0.0234. The number of rotatable bonds is 5. The molecular weight excluding hydrogens is 282 g/mol. The van der Waals surface area contributed by atoms with E-state index in [4.69, 9.17) is 0 Å². The van der Waals surface area contributed by atoms with E-state index < -0.39 is 0 Å². The Morgan fingerprint density at radius 1 is 1.24 bits per heavy atom. The number of hydrogen-bond acceptors (Lipinski definition) is 4. The Morgan fingerprint density at radius 2 is 1.95 bits per heavy atom. The molecule has 0 radical (unpaired) electrons. The molecule has 0 saturated carbocycles. The van der Waals surface area contributed by atoms with Crippen LogP contribution < -0.4 is 10.6 Å². The quantitative estimate of drug-likeness (QED) is 0.869. The number of anilines is 2. The molecule has 1 aromatic carbocycles. The summed E-state index contributed by atoms with van der Waals surface area (Å²) in [5, 5.41) is 9.45. The molecule has 2 N–H and O–H groups in total. The maximum absolute atomic E-state index is 11.7. The summed E-state index contributed by atoms with van der Waals surface area (Å²) in [4.78, 5) is 16.2. The first-order chi connectivity index (χ1) is 9.95. The molecule has 0 spiro atoms. The fraction of sp³-hybridized carbons (Fsp3) is 0.375. The molecule has 0 saturated heterocycles. The number of carbonyl (C=O) groups is 1. The van der Waals surface area contributed by atoms with Crippen molar-refractivity contribution in [1.82, 2.24) is 4.98 Å². The van der Waals surface area contributed by atoms with Crippen LogP contribution in [-0.4, -0.2) is 10.9 Å². The number of aryl methyl sites for hydroxylation is 1. The number of amides is 1. The number of hydrogen-bond donors (Lipinski definition) is 2. The Morgan fingerprint density at radius 3 is 2.57 bits per heavy atom. The van der Waals surface area contributed by atoms with Crippen molar-refractivity contribution in [3.63, 3.8) is 0 Å². The highest BCUT2D eigenvalue weighted by atomic mass is 32.1. The number of aromatic nitrogens is 1. The van der Waals surface area contributed by atoms with Gasteiger partial charge in [-0.3, -0.25) is 4.79 Å². The van der Waals surface area contributed by atoms with Gasteiger partial charge in [-0.25, -0.2) is 4.98 Å². The highest BCUT2D eigenvalue weighted by Gasteiger charge is 2.10. The molecule has 112 valence electrons. The summed E-state index contributed by atoms with van der Waals surface area (Å²) in [6.07, 6.45) is 0. The Balaban J connectivity index is 2.05. The van der Waals surface area contributed by atoms with Crippen LogP contribution >= 0.6 is 11.3 Å². The van der Waals surface area contributed by atoms with Gasteiger partial charge in [0.05, 0.1) is 16.7 Å². The summed E-state index contributed by atoms with van der Waals surface area (Å²) in [7, 11) is 0. The minimum atomic E-state index is -0.0291. The summed E-state index contributed by atoms with van der Waals surface area (Å²) in [5.41, 5.74) is 2.81. The van der Waals surface area contributed by atoms with Crippen molar-refractivity contribution in [1.29, 1.82) is 0 Å². The molecule has 1 amide bonds. The molecule has 0 aliphatic rings. The molecule has 0 bridgehead atoms. The van der Waals surface area contributed by atoms with Crippen molar-refractivity contribution in [3.8, 4) is 0 Å². The van der Waals surface area contributed by atoms with Gasteiger partial charge < -0.3 is 10.6 Å². The van der Waals surface area contributed by atoms with E-state index in [1.807, 2.05) is 45.0 Å². The van der Waals surface area contributed by atoms with E-state index in [-0.39, 0.29) is 17.9 Å². The molecular formula is C16H21N3OS. The standard InChI is InChI=1S/C16H21N3OS/c1-10(2)16(20)19-14-7-5-6-13(8-14)17-11(3)15-9-21-12(4)18-15/h5-11,17H,1-4H3,(H,19,20). The third-order valence-corrected chi connectivity index (χ3v) is 3.91. The molecule has 1 heterocycles. The molecule has 1 unspecified atom stereocenters. The van der Waals surface area contributed by atoms with Crippen LogP contribution in [0.1, 0.15) is 37.5 Å². The predicted molar refractivity (Wildman–Crippen MR) is 88.8 cm³/mol. The lowest BCUT2D eigenvalue weighted by atomic mass is 10.2. The van der Waals surface area contributed by atoms with Crippen molar-refractivity contribution in [2.75, 3.05) is 10.6 Å². The molecule has 0 fully saturated rings. The van der Waals surface area contributed by atoms with Crippen LogP contribution in [0.25, 0.3) is 0 Å². The summed E-state index contributed by atoms with van der Waals surface area (Å²) in [5.74, 6) is -0.00570. The average Bonchev–Trinajstić information content (AvgIpc) is 2.86. The van der Waals surface area contributed by atoms with Gasteiger partial charge >= 0.3 is 0 Å². The van der Waals surface area contributed by atoms with Crippen molar-refractivity contribution < 1.29 is 4.79 Å². The molecule has 2 rings (SSSR count). The smallest absolute Gasteiger partial charge is 0.226 e. The molecule has 21 heavy (non-hydrogen) atoms. The third kappa shape index (κ3) is 4.29. The maximum Gasteiger partial charge on any atom is 0.226 e. The Hall–Kier alpha value is -1.88. The van der Waals surface area contributed by atoms with Crippen LogP contribution in [0.4, 0.5) is 11.4 Å². The second-order valence-corrected chi connectivity index (χ2v) is 6.44. The molecule has 1 aromatic heterocycles. The van der Waals surface area contributed by atoms with Gasteiger partial charge in [-0.1, -0.05) is 19.9 Å². The summed E-state index contributed by atoms with van der Waals surface area (Å²) in [6.45, 7) is 7.84. The fourth-order valence-electron chi connectivity index (χ4n) is 1.88. The van der Waals surface area contributed by atoms with E-state index in [1.165, 1.54) is 0 Å². The van der Waals surface area contributed by atoms with Gasteiger partial charge in [0.15, 0.2) is 0 Å². The van der Waals surface area contributed by atoms with Gasteiger partial charge in [-0.05, 0) is 32.0 Å². The first-order valence-electron chi connectivity index (χ1n) is 7.05. The number of nitrogens with zero attached hydrogens (tertiary/aromatic N) is 1. The first-order valence-corrected chi connectivity index (χ1v) is 7.93. The van der Waals surface area contributed by atoms with Crippen molar-refractivity contribution in [2.24, 2.45) is 5.92 Å². The monoisotopic (exact) mass is 303 g/mol. The van der Waals surface area contributed by atoms with Crippen LogP contribution in [0.3, 0.4) is 0 Å². The van der Waals surface area contributed by atoms with Gasteiger partial charge in [0.2, 0.25) is 5.91 Å². The van der Waals surface area contributed by atoms with Crippen LogP contribution in [0, 0.1) is 12.8 Å². The minimum Gasteiger partial charge on any atom is -0.377 e. The van der Waals surface area contributed by atoms with E-state index in [2.05, 4.69) is 27.9 Å². The van der Waals surface area contributed by atoms with Crippen LogP contribution in [-0.2, 0) is 4.79 Å². The zero-order valence-corrected chi connectivity index (χ0v) is 13.6. The van der Waals surface area contributed by atoms with Gasteiger partial charge in [-0.2, -0.15) is 0 Å². The number of carbonyl (C=O) groups excluding carboxylic acids is 1. The lowest BCUT2D eigenvalue weighted by molar-refractivity contribution is -0.118. The van der Waals surface area contributed by atoms with Crippen LogP contribution in [0.15, 0.2) is 29.6 Å². The molecule has 4 nitrogen and oxygen atoms in total. The molecule has 0 aliphatic heterocycles. The Bertz CT molecular complexity index is 621. The van der Waals surface area contributed by atoms with Crippen LogP contribution in [0.5, 0.6) is 0 Å².